The molecule has 0 bridgehead atoms. The highest BCUT2D eigenvalue weighted by Crippen LogP contribution is 2.26. The molecule has 0 aromatic heterocycles. The Kier molecular flexibility index (Phi) is 5.64. The molecule has 1 aromatic carbocycles. The van der Waals surface area contributed by atoms with E-state index in [-0.39, 0.29) is 23.6 Å². The molecular formula is C16H24N2O4S. The summed E-state index contributed by atoms with van der Waals surface area (Å²) >= 11 is 0. The highest BCUT2D eigenvalue weighted by molar-refractivity contribution is 7.90. The fraction of sp³-hybridized carbons (Fsp3) is 0.562. The molecule has 1 saturated carbocycles. The number of hydrogen-bond donors (Lipinski definition) is 3. The van der Waals surface area contributed by atoms with Crippen LogP contribution in [0.25, 0.3) is 0 Å². The monoisotopic (exact) mass is 340 g/mol. The first-order valence-electron chi connectivity index (χ1n) is 7.89. The van der Waals surface area contributed by atoms with E-state index in [0.29, 0.717) is 31.4 Å². The molecule has 3 N–H and O–H groups in total. The van der Waals surface area contributed by atoms with Gasteiger partial charge in [0.1, 0.15) is 5.75 Å². The second-order valence-electron chi connectivity index (χ2n) is 6.30. The van der Waals surface area contributed by atoms with Crippen molar-refractivity contribution in [1.29, 1.82) is 0 Å². The molecule has 1 aromatic rings. The van der Waals surface area contributed by atoms with E-state index in [1.807, 2.05) is 0 Å². The van der Waals surface area contributed by atoms with Crippen molar-refractivity contribution in [2.45, 2.75) is 50.8 Å². The van der Waals surface area contributed by atoms with Gasteiger partial charge in [-0.05, 0) is 63.8 Å². The predicted octanol–water partition coefficient (Wildman–Crippen LogP) is 2.22. The second kappa shape index (κ2) is 7.31. The van der Waals surface area contributed by atoms with Crippen LogP contribution < -0.4 is 10.0 Å². The molecule has 0 heterocycles. The quantitative estimate of drug-likeness (QED) is 0.716. The second-order valence-corrected chi connectivity index (χ2v) is 8.56. The molecule has 2 rings (SSSR count). The summed E-state index contributed by atoms with van der Waals surface area (Å²) in [5.41, 5.74) is 0.649. The van der Waals surface area contributed by atoms with Crippen LogP contribution in [-0.4, -0.2) is 30.7 Å². The summed E-state index contributed by atoms with van der Waals surface area (Å²) in [5, 5.41) is 11.6. The third-order valence-electron chi connectivity index (χ3n) is 4.18. The van der Waals surface area contributed by atoms with E-state index in [1.54, 1.807) is 26.0 Å². The van der Waals surface area contributed by atoms with Gasteiger partial charge in [0, 0.05) is 17.6 Å². The highest BCUT2D eigenvalue weighted by atomic mass is 32.2. The van der Waals surface area contributed by atoms with Gasteiger partial charge in [0.05, 0.1) is 5.25 Å². The molecular weight excluding hydrogens is 316 g/mol. The Morgan fingerprint density at radius 1 is 1.13 bits per heavy atom. The molecule has 23 heavy (non-hydrogen) atoms. The van der Waals surface area contributed by atoms with E-state index in [9.17, 15) is 18.3 Å². The van der Waals surface area contributed by atoms with Crippen LogP contribution >= 0.6 is 0 Å². The summed E-state index contributed by atoms with van der Waals surface area (Å²) in [6, 6.07) is 6.26. The molecule has 6 nitrogen and oxygen atoms in total. The van der Waals surface area contributed by atoms with Crippen molar-refractivity contribution in [2.75, 3.05) is 5.32 Å². The van der Waals surface area contributed by atoms with Gasteiger partial charge in [-0.2, -0.15) is 0 Å². The number of anilines is 1. The Hall–Kier alpha value is -1.60. The van der Waals surface area contributed by atoms with Crippen LogP contribution in [0.2, 0.25) is 0 Å². The Morgan fingerprint density at radius 3 is 2.22 bits per heavy atom. The number of aromatic hydroxyl groups is 1. The first kappa shape index (κ1) is 17.7. The van der Waals surface area contributed by atoms with Crippen LogP contribution in [0.4, 0.5) is 5.69 Å². The van der Waals surface area contributed by atoms with Crippen LogP contribution in [0, 0.1) is 5.92 Å². The van der Waals surface area contributed by atoms with Crippen molar-refractivity contribution in [1.82, 2.24) is 4.72 Å². The van der Waals surface area contributed by atoms with Crippen LogP contribution in [0.1, 0.15) is 39.5 Å². The number of carbonyl (C=O) groups excluding carboxylic acids is 1. The highest BCUT2D eigenvalue weighted by Gasteiger charge is 2.29. The van der Waals surface area contributed by atoms with Gasteiger partial charge in [-0.1, -0.05) is 0 Å². The average Bonchev–Trinajstić information content (AvgIpc) is 2.49. The molecule has 7 heteroatoms. The summed E-state index contributed by atoms with van der Waals surface area (Å²) in [6.45, 7) is 3.30. The normalized spacial score (nSPS) is 22.0. The topological polar surface area (TPSA) is 95.5 Å². The van der Waals surface area contributed by atoms with Gasteiger partial charge < -0.3 is 10.4 Å². The smallest absolute Gasteiger partial charge is 0.227 e. The van der Waals surface area contributed by atoms with Crippen LogP contribution in [-0.2, 0) is 14.8 Å². The molecule has 0 unspecified atom stereocenters. The zero-order chi connectivity index (χ0) is 17.0. The lowest BCUT2D eigenvalue weighted by Crippen LogP contribution is -2.42. The number of phenolic OH excluding ortho intramolecular Hbond substituents is 1. The molecule has 1 fully saturated rings. The molecule has 1 aliphatic rings. The zero-order valence-corrected chi connectivity index (χ0v) is 14.3. The number of amides is 1. The largest absolute Gasteiger partial charge is 0.508 e. The molecule has 0 atom stereocenters. The minimum absolute atomic E-state index is 0.0548. The maximum absolute atomic E-state index is 12.2. The van der Waals surface area contributed by atoms with Gasteiger partial charge in [0.15, 0.2) is 0 Å². The van der Waals surface area contributed by atoms with E-state index in [2.05, 4.69) is 10.0 Å². The number of rotatable bonds is 5. The Morgan fingerprint density at radius 2 is 1.70 bits per heavy atom. The van der Waals surface area contributed by atoms with Crippen molar-refractivity contribution in [3.63, 3.8) is 0 Å². The number of hydrogen-bond acceptors (Lipinski definition) is 4. The molecule has 0 aliphatic heterocycles. The summed E-state index contributed by atoms with van der Waals surface area (Å²) < 4.78 is 26.5. The molecule has 0 radical (unpaired) electrons. The Balaban J connectivity index is 1.84. The SMILES string of the molecule is CC(C)S(=O)(=O)NC1CCC(C(=O)Nc2ccc(O)cc2)CC1. The maximum Gasteiger partial charge on any atom is 0.227 e. The number of carbonyl (C=O) groups is 1. The average molecular weight is 340 g/mol. The molecule has 0 saturated heterocycles. The zero-order valence-electron chi connectivity index (χ0n) is 13.5. The van der Waals surface area contributed by atoms with E-state index in [0.717, 1.165) is 0 Å². The third-order valence-corrected chi connectivity index (χ3v) is 6.09. The number of sulfonamides is 1. The van der Waals surface area contributed by atoms with Crippen molar-refractivity contribution in [3.8, 4) is 5.75 Å². The van der Waals surface area contributed by atoms with Gasteiger partial charge in [-0.3, -0.25) is 4.79 Å². The molecule has 1 aliphatic carbocycles. The molecule has 1 amide bonds. The van der Waals surface area contributed by atoms with Crippen molar-refractivity contribution >= 4 is 21.6 Å². The van der Waals surface area contributed by atoms with Crippen molar-refractivity contribution in [2.24, 2.45) is 5.92 Å². The maximum atomic E-state index is 12.2. The van der Waals surface area contributed by atoms with Crippen molar-refractivity contribution < 1.29 is 18.3 Å². The van der Waals surface area contributed by atoms with E-state index in [4.69, 9.17) is 0 Å². The van der Waals surface area contributed by atoms with Gasteiger partial charge >= 0.3 is 0 Å². The first-order chi connectivity index (χ1) is 10.8. The predicted molar refractivity (Wildman–Crippen MR) is 89.7 cm³/mol. The standard InChI is InChI=1S/C16H24N2O4S/c1-11(2)23(21,22)18-14-5-3-12(4-6-14)16(20)17-13-7-9-15(19)10-8-13/h7-12,14,18-19H,3-6H2,1-2H3,(H,17,20). The molecule has 128 valence electrons. The summed E-state index contributed by atoms with van der Waals surface area (Å²) in [7, 11) is -3.26. The van der Waals surface area contributed by atoms with Crippen molar-refractivity contribution in [3.05, 3.63) is 24.3 Å². The molecule has 0 spiro atoms. The van der Waals surface area contributed by atoms with Gasteiger partial charge in [0.25, 0.3) is 0 Å². The van der Waals surface area contributed by atoms with E-state index >= 15 is 0 Å². The Labute approximate surface area is 137 Å². The lowest BCUT2D eigenvalue weighted by molar-refractivity contribution is -0.120. The summed E-state index contributed by atoms with van der Waals surface area (Å²) in [4.78, 5) is 12.2. The van der Waals surface area contributed by atoms with Gasteiger partial charge in [-0.15, -0.1) is 0 Å². The van der Waals surface area contributed by atoms with Crippen LogP contribution in [0.15, 0.2) is 24.3 Å². The lowest BCUT2D eigenvalue weighted by atomic mass is 9.86. The first-order valence-corrected chi connectivity index (χ1v) is 9.43. The summed E-state index contributed by atoms with van der Waals surface area (Å²) in [6.07, 6.45) is 2.66. The van der Waals surface area contributed by atoms with Gasteiger partial charge in [-0.25, -0.2) is 13.1 Å². The fourth-order valence-corrected chi connectivity index (χ4v) is 3.60. The summed E-state index contributed by atoms with van der Waals surface area (Å²) in [5.74, 6) is -0.00888. The number of phenols is 1. The van der Waals surface area contributed by atoms with Gasteiger partial charge in [0.2, 0.25) is 15.9 Å². The fourth-order valence-electron chi connectivity index (χ4n) is 2.63. The third kappa shape index (κ3) is 4.94. The van der Waals surface area contributed by atoms with E-state index in [1.165, 1.54) is 12.1 Å². The number of nitrogens with one attached hydrogen (secondary N) is 2. The minimum Gasteiger partial charge on any atom is -0.508 e. The Bertz CT molecular complexity index is 633. The van der Waals surface area contributed by atoms with Crippen LogP contribution in [0.5, 0.6) is 5.75 Å². The lowest BCUT2D eigenvalue weighted by Gasteiger charge is -2.28. The number of benzene rings is 1. The van der Waals surface area contributed by atoms with Crippen LogP contribution in [0.3, 0.4) is 0 Å². The van der Waals surface area contributed by atoms with E-state index < -0.39 is 15.3 Å². The minimum atomic E-state index is -3.26.